The molecule has 198 valence electrons. The fourth-order valence-corrected chi connectivity index (χ4v) is 5.92. The number of carbonyl (C=O) groups excluding carboxylic acids is 2. The van der Waals surface area contributed by atoms with Crippen LogP contribution in [0.15, 0.2) is 48.5 Å². The Bertz CT molecular complexity index is 1160. The van der Waals surface area contributed by atoms with E-state index in [9.17, 15) is 22.8 Å². The number of alkyl halides is 3. The third-order valence-electron chi connectivity index (χ3n) is 7.75. The first-order valence-electron chi connectivity index (χ1n) is 12.7. The number of likely N-dealkylation sites (N-methyl/N-ethyl adjacent to an activating group) is 1. The largest absolute Gasteiger partial charge is 0.573 e. The minimum atomic E-state index is -4.75. The summed E-state index contributed by atoms with van der Waals surface area (Å²) in [5, 5.41) is 3.04. The molecule has 3 heterocycles. The summed E-state index contributed by atoms with van der Waals surface area (Å²) in [7, 11) is 2.00. The van der Waals surface area contributed by atoms with Gasteiger partial charge < -0.3 is 15.0 Å². The maximum absolute atomic E-state index is 13.1. The second kappa shape index (κ2) is 10.3. The quantitative estimate of drug-likeness (QED) is 0.638. The van der Waals surface area contributed by atoms with Crippen molar-refractivity contribution >= 4 is 17.5 Å². The molecule has 2 fully saturated rings. The molecule has 0 saturated carbocycles. The summed E-state index contributed by atoms with van der Waals surface area (Å²) in [6, 6.07) is 13.4. The Balaban J connectivity index is 1.22. The molecule has 1 N–H and O–H groups in total. The van der Waals surface area contributed by atoms with Crippen LogP contribution < -0.4 is 15.0 Å². The van der Waals surface area contributed by atoms with Crippen LogP contribution in [0.2, 0.25) is 0 Å². The van der Waals surface area contributed by atoms with Gasteiger partial charge in [-0.25, -0.2) is 0 Å². The Labute approximate surface area is 214 Å². The molecule has 0 aliphatic carbocycles. The summed E-state index contributed by atoms with van der Waals surface area (Å²) in [6.45, 7) is 2.14. The minimum absolute atomic E-state index is 0.0178. The predicted octanol–water partition coefficient (Wildman–Crippen LogP) is 3.33. The first kappa shape index (κ1) is 25.5. The van der Waals surface area contributed by atoms with E-state index in [0.29, 0.717) is 44.6 Å². The standard InChI is InChI=1S/C27H31F3N4O3/c1-32-20(9-10-24(35)34-14-11-19-6-2-3-8-22(19)34)16-31-26(36)25-23(32)12-13-33(25)17-18-5-4-7-21(15-18)37-27(28,29)30/h2-8,15,20,23,25H,9-14,16-17H2,1H3,(H,31,36). The van der Waals surface area contributed by atoms with Gasteiger partial charge in [0.15, 0.2) is 0 Å². The van der Waals surface area contributed by atoms with Gasteiger partial charge in [-0.15, -0.1) is 13.2 Å². The molecule has 0 bridgehead atoms. The predicted molar refractivity (Wildman–Crippen MR) is 132 cm³/mol. The van der Waals surface area contributed by atoms with Gasteiger partial charge in [-0.3, -0.25) is 19.4 Å². The molecule has 0 spiro atoms. The van der Waals surface area contributed by atoms with E-state index >= 15 is 0 Å². The third kappa shape index (κ3) is 5.60. The van der Waals surface area contributed by atoms with Crippen molar-refractivity contribution in [3.63, 3.8) is 0 Å². The van der Waals surface area contributed by atoms with Gasteiger partial charge in [-0.05, 0) is 55.6 Å². The van der Waals surface area contributed by atoms with Crippen LogP contribution in [0.4, 0.5) is 18.9 Å². The Hall–Kier alpha value is -3.11. The van der Waals surface area contributed by atoms with E-state index in [0.717, 1.165) is 18.5 Å². The molecule has 10 heteroatoms. The van der Waals surface area contributed by atoms with Crippen molar-refractivity contribution in [1.29, 1.82) is 0 Å². The maximum atomic E-state index is 13.1. The SMILES string of the molecule is CN1C(CCC(=O)N2CCc3ccccc32)CNC(=O)C2C1CCN2Cc1cccc(OC(F)(F)F)c1. The van der Waals surface area contributed by atoms with Crippen molar-refractivity contribution < 1.29 is 27.5 Å². The number of fused-ring (bicyclic) bond motifs is 2. The van der Waals surface area contributed by atoms with E-state index in [1.807, 2.05) is 35.0 Å². The molecule has 2 saturated heterocycles. The Morgan fingerprint density at radius 2 is 1.95 bits per heavy atom. The van der Waals surface area contributed by atoms with E-state index in [-0.39, 0.29) is 29.6 Å². The van der Waals surface area contributed by atoms with Crippen molar-refractivity contribution in [2.24, 2.45) is 0 Å². The summed E-state index contributed by atoms with van der Waals surface area (Å²) < 4.78 is 41.9. The lowest BCUT2D eigenvalue weighted by atomic mass is 10.0. The normalized spacial score (nSPS) is 24.4. The number of halogens is 3. The Morgan fingerprint density at radius 1 is 1.14 bits per heavy atom. The molecule has 0 aromatic heterocycles. The van der Waals surface area contributed by atoms with Gasteiger partial charge in [0.2, 0.25) is 11.8 Å². The molecule has 3 atom stereocenters. The molecular weight excluding hydrogens is 485 g/mol. The average Bonchev–Trinajstić information content (AvgIpc) is 3.44. The Morgan fingerprint density at radius 3 is 2.76 bits per heavy atom. The van der Waals surface area contributed by atoms with E-state index in [1.165, 1.54) is 23.8 Å². The molecular formula is C27H31F3N4O3. The van der Waals surface area contributed by atoms with Gasteiger partial charge in [-0.2, -0.15) is 0 Å². The second-order valence-corrected chi connectivity index (χ2v) is 9.99. The second-order valence-electron chi connectivity index (χ2n) is 9.99. The maximum Gasteiger partial charge on any atom is 0.573 e. The molecule has 3 aliphatic heterocycles. The molecule has 3 aliphatic rings. The van der Waals surface area contributed by atoms with E-state index < -0.39 is 12.4 Å². The smallest absolute Gasteiger partial charge is 0.406 e. The van der Waals surface area contributed by atoms with Crippen LogP contribution >= 0.6 is 0 Å². The zero-order valence-electron chi connectivity index (χ0n) is 20.7. The number of para-hydroxylation sites is 1. The highest BCUT2D eigenvalue weighted by Gasteiger charge is 2.45. The first-order valence-corrected chi connectivity index (χ1v) is 12.7. The number of ether oxygens (including phenoxy) is 1. The monoisotopic (exact) mass is 516 g/mol. The number of carbonyl (C=O) groups is 2. The number of rotatable bonds is 6. The number of amides is 2. The zero-order chi connectivity index (χ0) is 26.2. The van der Waals surface area contributed by atoms with Crippen molar-refractivity contribution in [1.82, 2.24) is 15.1 Å². The van der Waals surface area contributed by atoms with Gasteiger partial charge >= 0.3 is 6.36 Å². The molecule has 2 aromatic carbocycles. The van der Waals surface area contributed by atoms with E-state index in [2.05, 4.69) is 21.0 Å². The lowest BCUT2D eigenvalue weighted by Gasteiger charge is -2.33. The highest BCUT2D eigenvalue weighted by molar-refractivity contribution is 5.95. The van der Waals surface area contributed by atoms with Crippen LogP contribution in [-0.2, 0) is 22.6 Å². The van der Waals surface area contributed by atoms with Gasteiger partial charge in [-0.1, -0.05) is 30.3 Å². The lowest BCUT2D eigenvalue weighted by molar-refractivity contribution is -0.274. The number of hydrogen-bond donors (Lipinski definition) is 1. The van der Waals surface area contributed by atoms with Crippen LogP contribution in [0.1, 0.15) is 30.4 Å². The highest BCUT2D eigenvalue weighted by atomic mass is 19.4. The summed E-state index contributed by atoms with van der Waals surface area (Å²) >= 11 is 0. The van der Waals surface area contributed by atoms with E-state index in [1.54, 1.807) is 6.07 Å². The van der Waals surface area contributed by atoms with Crippen molar-refractivity contribution in [3.8, 4) is 5.75 Å². The number of benzene rings is 2. The summed E-state index contributed by atoms with van der Waals surface area (Å²) in [4.78, 5) is 32.2. The molecule has 7 nitrogen and oxygen atoms in total. The van der Waals surface area contributed by atoms with Crippen LogP contribution in [0.25, 0.3) is 0 Å². The average molecular weight is 517 g/mol. The topological polar surface area (TPSA) is 65.1 Å². The lowest BCUT2D eigenvalue weighted by Crippen LogP contribution is -2.49. The van der Waals surface area contributed by atoms with Gasteiger partial charge in [0.1, 0.15) is 11.8 Å². The molecule has 2 amide bonds. The zero-order valence-corrected chi connectivity index (χ0v) is 20.7. The number of hydrogen-bond acceptors (Lipinski definition) is 5. The van der Waals surface area contributed by atoms with E-state index in [4.69, 9.17) is 0 Å². The number of nitrogens with zero attached hydrogens (tertiary/aromatic N) is 3. The minimum Gasteiger partial charge on any atom is -0.406 e. The summed E-state index contributed by atoms with van der Waals surface area (Å²) in [5.74, 6) is -0.257. The third-order valence-corrected chi connectivity index (χ3v) is 7.75. The molecule has 2 aromatic rings. The molecule has 0 radical (unpaired) electrons. The summed E-state index contributed by atoms with van der Waals surface area (Å²) in [6.07, 6.45) is -2.10. The van der Waals surface area contributed by atoms with Crippen LogP contribution in [-0.4, -0.2) is 72.8 Å². The fourth-order valence-electron chi connectivity index (χ4n) is 5.92. The number of likely N-dealkylation sites (tertiary alicyclic amines) is 1. The molecule has 5 rings (SSSR count). The summed E-state index contributed by atoms with van der Waals surface area (Å²) in [5.41, 5.74) is 2.83. The number of anilines is 1. The first-order chi connectivity index (χ1) is 17.7. The molecule has 37 heavy (non-hydrogen) atoms. The Kier molecular flexibility index (Phi) is 7.13. The van der Waals surface area contributed by atoms with Gasteiger partial charge in [0.05, 0.1) is 0 Å². The van der Waals surface area contributed by atoms with Crippen molar-refractivity contribution in [2.75, 3.05) is 31.6 Å². The van der Waals surface area contributed by atoms with Crippen LogP contribution in [0, 0.1) is 0 Å². The van der Waals surface area contributed by atoms with Gasteiger partial charge in [0, 0.05) is 50.4 Å². The fraction of sp³-hybridized carbons (Fsp3) is 0.481. The molecule has 3 unspecified atom stereocenters. The van der Waals surface area contributed by atoms with Gasteiger partial charge in [0.25, 0.3) is 0 Å². The van der Waals surface area contributed by atoms with Crippen molar-refractivity contribution in [2.45, 2.75) is 56.7 Å². The number of nitrogens with one attached hydrogen (secondary N) is 1. The van der Waals surface area contributed by atoms with Crippen LogP contribution in [0.3, 0.4) is 0 Å². The highest BCUT2D eigenvalue weighted by Crippen LogP contribution is 2.31. The van der Waals surface area contributed by atoms with Crippen LogP contribution in [0.5, 0.6) is 5.75 Å². The van der Waals surface area contributed by atoms with Crippen molar-refractivity contribution in [3.05, 3.63) is 59.7 Å².